The van der Waals surface area contributed by atoms with Crippen LogP contribution in [0.4, 0.5) is 0 Å². The second-order valence-electron chi connectivity index (χ2n) is 9.29. The average molecular weight is 419 g/mol. The molecule has 1 aliphatic heterocycles. The normalized spacial score (nSPS) is 21.4. The molecule has 0 saturated carbocycles. The van der Waals surface area contributed by atoms with Gasteiger partial charge in [-0.25, -0.2) is 0 Å². The quantitative estimate of drug-likeness (QED) is 0.730. The van der Waals surface area contributed by atoms with Crippen molar-refractivity contribution in [2.45, 2.75) is 58.7 Å². The van der Waals surface area contributed by atoms with E-state index in [2.05, 4.69) is 31.3 Å². The van der Waals surface area contributed by atoms with E-state index in [1.165, 1.54) is 18.1 Å². The van der Waals surface area contributed by atoms with Gasteiger partial charge in [0.1, 0.15) is 12.1 Å². The maximum absolute atomic E-state index is 13.6. The average Bonchev–Trinajstić information content (AvgIpc) is 3.17. The fourth-order valence-corrected chi connectivity index (χ4v) is 4.84. The number of ketones is 1. The molecular formula is C26H30N2O3. The first-order chi connectivity index (χ1) is 14.8. The van der Waals surface area contributed by atoms with E-state index in [0.29, 0.717) is 24.4 Å². The molecule has 2 aliphatic rings. The van der Waals surface area contributed by atoms with E-state index in [9.17, 15) is 14.4 Å². The van der Waals surface area contributed by atoms with Gasteiger partial charge >= 0.3 is 0 Å². The Hall–Kier alpha value is -2.95. The van der Waals surface area contributed by atoms with Crippen molar-refractivity contribution < 1.29 is 14.4 Å². The van der Waals surface area contributed by atoms with Gasteiger partial charge in [0.15, 0.2) is 5.78 Å². The van der Waals surface area contributed by atoms with Crippen molar-refractivity contribution in [1.29, 1.82) is 0 Å². The maximum atomic E-state index is 13.6. The minimum absolute atomic E-state index is 0.00120. The van der Waals surface area contributed by atoms with E-state index in [1.807, 2.05) is 24.3 Å². The molecule has 31 heavy (non-hydrogen) atoms. The van der Waals surface area contributed by atoms with Crippen molar-refractivity contribution in [3.8, 4) is 0 Å². The fraction of sp³-hybridized carbons (Fsp3) is 0.423. The number of hydrogen-bond donors (Lipinski definition) is 1. The summed E-state index contributed by atoms with van der Waals surface area (Å²) >= 11 is 0. The highest BCUT2D eigenvalue weighted by Crippen LogP contribution is 2.32. The lowest BCUT2D eigenvalue weighted by atomic mass is 9.90. The van der Waals surface area contributed by atoms with Crippen LogP contribution in [0.2, 0.25) is 0 Å². The van der Waals surface area contributed by atoms with Gasteiger partial charge in [0.25, 0.3) is 0 Å². The lowest BCUT2D eigenvalue weighted by Crippen LogP contribution is -2.65. The molecule has 2 aromatic carbocycles. The Bertz CT molecular complexity index is 971. The standard InChI is InChI=1S/C26H30N2O3/c1-16(2)12-23-25(30)27-24(22-13-20-6-4-5-7-21(20)14-22)26(31)28(23)15-18-8-10-19(11-9-18)17(3)29/h4-11,16,22-24H,12-15H2,1-3H3,(H,27,30). The van der Waals surface area contributed by atoms with Gasteiger partial charge in [0.05, 0.1) is 0 Å². The highest BCUT2D eigenvalue weighted by molar-refractivity contribution is 5.97. The van der Waals surface area contributed by atoms with Crippen LogP contribution in [0, 0.1) is 11.8 Å². The minimum Gasteiger partial charge on any atom is -0.342 e. The van der Waals surface area contributed by atoms with Crippen LogP contribution in [-0.4, -0.2) is 34.6 Å². The highest BCUT2D eigenvalue weighted by atomic mass is 16.2. The first-order valence-electron chi connectivity index (χ1n) is 11.1. The number of nitrogens with zero attached hydrogens (tertiary/aromatic N) is 1. The molecule has 4 rings (SSSR count). The van der Waals surface area contributed by atoms with E-state index < -0.39 is 12.1 Å². The van der Waals surface area contributed by atoms with Crippen molar-refractivity contribution in [3.05, 3.63) is 70.8 Å². The van der Waals surface area contributed by atoms with Crippen LogP contribution < -0.4 is 5.32 Å². The molecule has 0 spiro atoms. The Morgan fingerprint density at radius 2 is 1.65 bits per heavy atom. The van der Waals surface area contributed by atoms with Crippen LogP contribution in [0.5, 0.6) is 0 Å². The molecule has 2 unspecified atom stereocenters. The summed E-state index contributed by atoms with van der Waals surface area (Å²) in [5.41, 5.74) is 4.11. The Labute approximate surface area is 183 Å². The molecule has 2 atom stereocenters. The number of Topliss-reactive ketones (excluding diaryl/α,β-unsaturated/α-hetero) is 1. The second kappa shape index (κ2) is 8.66. The van der Waals surface area contributed by atoms with Crippen molar-refractivity contribution in [2.75, 3.05) is 0 Å². The Morgan fingerprint density at radius 1 is 1.03 bits per heavy atom. The third-order valence-electron chi connectivity index (χ3n) is 6.49. The minimum atomic E-state index is -0.500. The largest absolute Gasteiger partial charge is 0.342 e. The predicted octanol–water partition coefficient (Wildman–Crippen LogP) is 3.55. The Kier molecular flexibility index (Phi) is 5.94. The van der Waals surface area contributed by atoms with Crippen molar-refractivity contribution >= 4 is 17.6 Å². The monoisotopic (exact) mass is 418 g/mol. The summed E-state index contributed by atoms with van der Waals surface area (Å²) in [5.74, 6) is 0.321. The van der Waals surface area contributed by atoms with E-state index in [4.69, 9.17) is 0 Å². The Morgan fingerprint density at radius 3 is 2.19 bits per heavy atom. The number of benzene rings is 2. The Balaban J connectivity index is 1.58. The zero-order valence-electron chi connectivity index (χ0n) is 18.4. The summed E-state index contributed by atoms with van der Waals surface area (Å²) in [5, 5.41) is 3.06. The molecule has 2 amide bonds. The summed E-state index contributed by atoms with van der Waals surface area (Å²) in [6, 6.07) is 14.6. The predicted molar refractivity (Wildman–Crippen MR) is 120 cm³/mol. The van der Waals surface area contributed by atoms with Crippen LogP contribution in [0.1, 0.15) is 54.2 Å². The second-order valence-corrected chi connectivity index (χ2v) is 9.29. The number of hydrogen-bond acceptors (Lipinski definition) is 3. The zero-order chi connectivity index (χ0) is 22.1. The van der Waals surface area contributed by atoms with Gasteiger partial charge in [0, 0.05) is 12.1 Å². The van der Waals surface area contributed by atoms with Crippen molar-refractivity contribution in [2.24, 2.45) is 11.8 Å². The van der Waals surface area contributed by atoms with Gasteiger partial charge in [-0.2, -0.15) is 0 Å². The number of nitrogens with one attached hydrogen (secondary N) is 1. The summed E-state index contributed by atoms with van der Waals surface area (Å²) in [6.07, 6.45) is 2.24. The molecule has 1 fully saturated rings. The summed E-state index contributed by atoms with van der Waals surface area (Å²) in [4.78, 5) is 40.1. The molecule has 0 aromatic heterocycles. The van der Waals surface area contributed by atoms with Gasteiger partial charge < -0.3 is 10.2 Å². The molecule has 2 aromatic rings. The molecule has 5 heteroatoms. The summed E-state index contributed by atoms with van der Waals surface area (Å²) in [6.45, 7) is 6.04. The molecule has 1 heterocycles. The number of fused-ring (bicyclic) bond motifs is 1. The number of rotatable bonds is 6. The van der Waals surface area contributed by atoms with E-state index in [-0.39, 0.29) is 23.5 Å². The highest BCUT2D eigenvalue weighted by Gasteiger charge is 2.45. The maximum Gasteiger partial charge on any atom is 0.246 e. The molecule has 0 radical (unpaired) electrons. The van der Waals surface area contributed by atoms with E-state index in [1.54, 1.807) is 17.0 Å². The topological polar surface area (TPSA) is 66.5 Å². The third kappa shape index (κ3) is 4.41. The molecule has 1 saturated heterocycles. The van der Waals surface area contributed by atoms with Crippen LogP contribution in [0.3, 0.4) is 0 Å². The van der Waals surface area contributed by atoms with Gasteiger partial charge in [-0.1, -0.05) is 62.4 Å². The number of amides is 2. The van der Waals surface area contributed by atoms with Crippen molar-refractivity contribution in [3.63, 3.8) is 0 Å². The molecule has 5 nitrogen and oxygen atoms in total. The van der Waals surface area contributed by atoms with Crippen LogP contribution in [0.15, 0.2) is 48.5 Å². The van der Waals surface area contributed by atoms with Gasteiger partial charge in [-0.3, -0.25) is 14.4 Å². The summed E-state index contributed by atoms with van der Waals surface area (Å²) in [7, 11) is 0. The molecule has 1 N–H and O–H groups in total. The molecule has 162 valence electrons. The summed E-state index contributed by atoms with van der Waals surface area (Å²) < 4.78 is 0. The van der Waals surface area contributed by atoms with Gasteiger partial charge in [-0.05, 0) is 54.7 Å². The lowest BCUT2D eigenvalue weighted by Gasteiger charge is -2.41. The molecule has 0 bridgehead atoms. The SMILES string of the molecule is CC(=O)c1ccc(CN2C(=O)C(C3Cc4ccccc4C3)NC(=O)C2CC(C)C)cc1. The molecule has 1 aliphatic carbocycles. The van der Waals surface area contributed by atoms with E-state index in [0.717, 1.165) is 18.4 Å². The van der Waals surface area contributed by atoms with Gasteiger partial charge in [-0.15, -0.1) is 0 Å². The zero-order valence-corrected chi connectivity index (χ0v) is 18.4. The van der Waals surface area contributed by atoms with Crippen LogP contribution in [0.25, 0.3) is 0 Å². The fourth-order valence-electron chi connectivity index (χ4n) is 4.84. The van der Waals surface area contributed by atoms with Crippen LogP contribution in [-0.2, 0) is 29.0 Å². The molecular weight excluding hydrogens is 388 g/mol. The number of piperazine rings is 1. The number of carbonyl (C=O) groups excluding carboxylic acids is 3. The van der Waals surface area contributed by atoms with E-state index >= 15 is 0 Å². The van der Waals surface area contributed by atoms with Crippen molar-refractivity contribution in [1.82, 2.24) is 10.2 Å². The lowest BCUT2D eigenvalue weighted by molar-refractivity contribution is -0.152. The third-order valence-corrected chi connectivity index (χ3v) is 6.49. The van der Waals surface area contributed by atoms with Crippen LogP contribution >= 0.6 is 0 Å². The van der Waals surface area contributed by atoms with Gasteiger partial charge in [0.2, 0.25) is 11.8 Å². The smallest absolute Gasteiger partial charge is 0.246 e. The number of carbonyl (C=O) groups is 3. The first-order valence-corrected chi connectivity index (χ1v) is 11.1. The first kappa shape index (κ1) is 21.3.